The molecule has 5 nitrogen and oxygen atoms in total. The molecule has 130 valence electrons. The molecule has 4 aliphatic carbocycles. The van der Waals surface area contributed by atoms with Crippen LogP contribution in [0.3, 0.4) is 0 Å². The molecule has 1 amide bonds. The third-order valence-corrected chi connectivity index (χ3v) is 6.44. The first-order valence-corrected chi connectivity index (χ1v) is 9.33. The van der Waals surface area contributed by atoms with Gasteiger partial charge in [0.1, 0.15) is 6.54 Å². The van der Waals surface area contributed by atoms with Gasteiger partial charge in [0.15, 0.2) is 0 Å². The van der Waals surface area contributed by atoms with Crippen LogP contribution in [0.1, 0.15) is 50.6 Å². The molecule has 4 fully saturated rings. The van der Waals surface area contributed by atoms with Crippen molar-refractivity contribution in [1.82, 2.24) is 15.1 Å². The molecule has 4 aliphatic rings. The first-order chi connectivity index (χ1) is 11.5. The number of hydrogen-bond donors (Lipinski definition) is 1. The molecular formula is C19H27N3O2. The van der Waals surface area contributed by atoms with Crippen LogP contribution in [0, 0.1) is 30.1 Å². The predicted octanol–water partition coefficient (Wildman–Crippen LogP) is 2.27. The molecule has 0 aliphatic heterocycles. The second kappa shape index (κ2) is 6.01. The lowest BCUT2D eigenvalue weighted by Crippen LogP contribution is -2.47. The van der Waals surface area contributed by atoms with Crippen molar-refractivity contribution in [2.45, 2.75) is 58.4 Å². The summed E-state index contributed by atoms with van der Waals surface area (Å²) in [7, 11) is 0. The van der Waals surface area contributed by atoms with Crippen molar-refractivity contribution in [3.63, 3.8) is 0 Å². The van der Waals surface area contributed by atoms with Gasteiger partial charge >= 0.3 is 0 Å². The number of aryl methyl sites for hydroxylation is 1. The SMILES string of the molecule is Cc1ccc(=O)n(CC(=O)NCCC23CC4CC(CC(C4)C2)C3)n1. The zero-order valence-electron chi connectivity index (χ0n) is 14.5. The summed E-state index contributed by atoms with van der Waals surface area (Å²) in [6.45, 7) is 2.56. The Kier molecular flexibility index (Phi) is 3.97. The summed E-state index contributed by atoms with van der Waals surface area (Å²) in [5.74, 6) is 2.73. The summed E-state index contributed by atoms with van der Waals surface area (Å²) in [4.78, 5) is 23.9. The van der Waals surface area contributed by atoms with E-state index in [0.717, 1.165) is 36.4 Å². The van der Waals surface area contributed by atoms with Crippen molar-refractivity contribution in [2.24, 2.45) is 23.2 Å². The summed E-state index contributed by atoms with van der Waals surface area (Å²) in [5.41, 5.74) is 1.01. The Labute approximate surface area is 142 Å². The smallest absolute Gasteiger partial charge is 0.267 e. The van der Waals surface area contributed by atoms with Crippen LogP contribution in [-0.4, -0.2) is 22.2 Å². The molecule has 0 spiro atoms. The van der Waals surface area contributed by atoms with Crippen molar-refractivity contribution in [2.75, 3.05) is 6.54 Å². The highest BCUT2D eigenvalue weighted by Gasteiger charge is 2.50. The molecule has 1 heterocycles. The number of hydrogen-bond acceptors (Lipinski definition) is 3. The van der Waals surface area contributed by atoms with Gasteiger partial charge in [-0.25, -0.2) is 4.68 Å². The van der Waals surface area contributed by atoms with Gasteiger partial charge in [-0.2, -0.15) is 5.10 Å². The van der Waals surface area contributed by atoms with Gasteiger partial charge in [-0.1, -0.05) is 0 Å². The molecule has 4 bridgehead atoms. The quantitative estimate of drug-likeness (QED) is 0.901. The maximum atomic E-state index is 12.2. The lowest BCUT2D eigenvalue weighted by Gasteiger charge is -2.57. The van der Waals surface area contributed by atoms with Crippen LogP contribution in [0.25, 0.3) is 0 Å². The molecule has 0 saturated heterocycles. The van der Waals surface area contributed by atoms with Gasteiger partial charge in [-0.3, -0.25) is 9.59 Å². The Hall–Kier alpha value is -1.65. The Bertz CT molecular complexity index is 659. The molecule has 0 radical (unpaired) electrons. The van der Waals surface area contributed by atoms with Gasteiger partial charge in [0.2, 0.25) is 5.91 Å². The Morgan fingerprint density at radius 3 is 2.46 bits per heavy atom. The fraction of sp³-hybridized carbons (Fsp3) is 0.737. The lowest BCUT2D eigenvalue weighted by molar-refractivity contribution is -0.122. The average molecular weight is 329 g/mol. The third-order valence-electron chi connectivity index (χ3n) is 6.44. The lowest BCUT2D eigenvalue weighted by atomic mass is 9.49. The number of rotatable bonds is 5. The molecule has 1 aromatic rings. The molecule has 4 saturated carbocycles. The average Bonchev–Trinajstić information content (AvgIpc) is 2.49. The maximum Gasteiger partial charge on any atom is 0.267 e. The first-order valence-electron chi connectivity index (χ1n) is 9.33. The van der Waals surface area contributed by atoms with Gasteiger partial charge in [-0.05, 0) is 81.1 Å². The van der Waals surface area contributed by atoms with E-state index in [1.165, 1.54) is 49.3 Å². The van der Waals surface area contributed by atoms with Crippen LogP contribution in [0.4, 0.5) is 0 Å². The zero-order valence-corrected chi connectivity index (χ0v) is 14.5. The van der Waals surface area contributed by atoms with Crippen LogP contribution in [0.2, 0.25) is 0 Å². The second-order valence-corrected chi connectivity index (χ2v) is 8.49. The van der Waals surface area contributed by atoms with Gasteiger partial charge in [-0.15, -0.1) is 0 Å². The van der Waals surface area contributed by atoms with Crippen molar-refractivity contribution in [3.05, 3.63) is 28.2 Å². The molecule has 24 heavy (non-hydrogen) atoms. The standard InChI is InChI=1S/C19H27N3O2/c1-13-2-3-18(24)22(21-13)12-17(23)20-5-4-19-9-14-6-15(10-19)8-16(7-14)11-19/h2-3,14-16H,4-12H2,1H3,(H,20,23). The number of nitrogens with zero attached hydrogens (tertiary/aromatic N) is 2. The van der Waals surface area contributed by atoms with Crippen LogP contribution < -0.4 is 10.9 Å². The molecule has 0 unspecified atom stereocenters. The van der Waals surface area contributed by atoms with E-state index in [4.69, 9.17) is 0 Å². The normalized spacial score (nSPS) is 33.6. The molecule has 5 heteroatoms. The van der Waals surface area contributed by atoms with Gasteiger partial charge < -0.3 is 5.32 Å². The summed E-state index contributed by atoms with van der Waals surface area (Å²) in [6, 6.07) is 3.13. The van der Waals surface area contributed by atoms with Crippen molar-refractivity contribution in [1.29, 1.82) is 0 Å². The van der Waals surface area contributed by atoms with E-state index in [-0.39, 0.29) is 18.0 Å². The summed E-state index contributed by atoms with van der Waals surface area (Å²) < 4.78 is 1.25. The minimum atomic E-state index is -0.225. The molecular weight excluding hydrogens is 302 g/mol. The maximum absolute atomic E-state index is 12.2. The van der Waals surface area contributed by atoms with Crippen LogP contribution in [0.15, 0.2) is 16.9 Å². The Morgan fingerprint density at radius 2 is 1.83 bits per heavy atom. The molecule has 1 aromatic heterocycles. The largest absolute Gasteiger partial charge is 0.354 e. The van der Waals surface area contributed by atoms with Crippen LogP contribution in [0.5, 0.6) is 0 Å². The van der Waals surface area contributed by atoms with Crippen molar-refractivity contribution >= 4 is 5.91 Å². The van der Waals surface area contributed by atoms with E-state index in [2.05, 4.69) is 10.4 Å². The van der Waals surface area contributed by atoms with E-state index in [0.29, 0.717) is 5.41 Å². The Morgan fingerprint density at radius 1 is 1.21 bits per heavy atom. The number of aromatic nitrogens is 2. The highest BCUT2D eigenvalue weighted by atomic mass is 16.2. The molecule has 0 atom stereocenters. The summed E-state index contributed by atoms with van der Waals surface area (Å²) >= 11 is 0. The Balaban J connectivity index is 1.30. The van der Waals surface area contributed by atoms with E-state index >= 15 is 0 Å². The van der Waals surface area contributed by atoms with Gasteiger partial charge in [0, 0.05) is 12.6 Å². The topological polar surface area (TPSA) is 64.0 Å². The zero-order chi connectivity index (χ0) is 16.7. The van der Waals surface area contributed by atoms with Crippen molar-refractivity contribution in [3.8, 4) is 0 Å². The van der Waals surface area contributed by atoms with Gasteiger partial charge in [0.05, 0.1) is 5.69 Å². The fourth-order valence-corrected chi connectivity index (χ4v) is 5.92. The van der Waals surface area contributed by atoms with Gasteiger partial charge in [0.25, 0.3) is 5.56 Å². The van der Waals surface area contributed by atoms with Crippen LogP contribution in [-0.2, 0) is 11.3 Å². The number of amides is 1. The van der Waals surface area contributed by atoms with E-state index in [9.17, 15) is 9.59 Å². The number of carbonyl (C=O) groups excluding carboxylic acids is 1. The predicted molar refractivity (Wildman–Crippen MR) is 91.5 cm³/mol. The highest BCUT2D eigenvalue weighted by molar-refractivity contribution is 5.75. The highest BCUT2D eigenvalue weighted by Crippen LogP contribution is 2.61. The minimum absolute atomic E-state index is 0.0153. The second-order valence-electron chi connectivity index (χ2n) is 8.49. The van der Waals surface area contributed by atoms with E-state index in [1.54, 1.807) is 6.07 Å². The minimum Gasteiger partial charge on any atom is -0.354 e. The molecule has 0 aromatic carbocycles. The van der Waals surface area contributed by atoms with Crippen LogP contribution >= 0.6 is 0 Å². The fourth-order valence-electron chi connectivity index (χ4n) is 5.92. The van der Waals surface area contributed by atoms with E-state index < -0.39 is 0 Å². The van der Waals surface area contributed by atoms with E-state index in [1.807, 2.05) is 6.92 Å². The first kappa shape index (κ1) is 15.9. The van der Waals surface area contributed by atoms with Crippen molar-refractivity contribution < 1.29 is 4.79 Å². The number of nitrogens with one attached hydrogen (secondary N) is 1. The molecule has 1 N–H and O–H groups in total. The molecule has 5 rings (SSSR count). The summed E-state index contributed by atoms with van der Waals surface area (Å²) in [5, 5.41) is 7.13. The monoisotopic (exact) mass is 329 g/mol. The number of carbonyl (C=O) groups is 1. The third kappa shape index (κ3) is 3.13. The summed E-state index contributed by atoms with van der Waals surface area (Å²) in [6.07, 6.45) is 9.56.